The van der Waals surface area contributed by atoms with E-state index in [9.17, 15) is 0 Å². The van der Waals surface area contributed by atoms with Crippen LogP contribution in [0.15, 0.2) is 0 Å². The second kappa shape index (κ2) is 2.84. The summed E-state index contributed by atoms with van der Waals surface area (Å²) in [6.07, 6.45) is 3.45. The molecule has 0 aliphatic carbocycles. The molecule has 0 bridgehead atoms. The number of nitriles is 1. The molecule has 1 heterocycles. The van der Waals surface area contributed by atoms with Crippen LogP contribution in [0.1, 0.15) is 26.2 Å². The number of hydrogen-bond donors (Lipinski definition) is 1. The molecule has 0 radical (unpaired) electrons. The summed E-state index contributed by atoms with van der Waals surface area (Å²) in [5.41, 5.74) is 0. The van der Waals surface area contributed by atoms with Crippen LogP contribution >= 0.6 is 0 Å². The minimum Gasteiger partial charge on any atom is -0.299 e. The van der Waals surface area contributed by atoms with Crippen molar-refractivity contribution in [3.05, 3.63) is 0 Å². The van der Waals surface area contributed by atoms with Gasteiger partial charge >= 0.3 is 0 Å². The van der Waals surface area contributed by atoms with Crippen LogP contribution in [-0.2, 0) is 0 Å². The Morgan fingerprint density at radius 1 is 1.56 bits per heavy atom. The Kier molecular flexibility index (Phi) is 2.07. The van der Waals surface area contributed by atoms with Crippen molar-refractivity contribution in [1.82, 2.24) is 5.32 Å². The lowest BCUT2D eigenvalue weighted by atomic mass is 10.0. The molecular formula is C7H12N2. The highest BCUT2D eigenvalue weighted by Gasteiger charge is 2.15. The first kappa shape index (κ1) is 6.57. The van der Waals surface area contributed by atoms with E-state index in [1.165, 1.54) is 12.8 Å². The number of nitrogens with one attached hydrogen (secondary N) is 1. The highest BCUT2D eigenvalue weighted by molar-refractivity contribution is 4.93. The second-order valence-electron chi connectivity index (χ2n) is 2.68. The maximum absolute atomic E-state index is 8.50. The van der Waals surface area contributed by atoms with Gasteiger partial charge in [-0.1, -0.05) is 0 Å². The Balaban J connectivity index is 2.34. The van der Waals surface area contributed by atoms with Crippen molar-refractivity contribution in [1.29, 1.82) is 5.26 Å². The third kappa shape index (κ3) is 1.69. The molecule has 1 N–H and O–H groups in total. The minimum absolute atomic E-state index is 0.119. The SMILES string of the molecule is C[C@@H]1CCC[C@@H](C#N)N1. The Morgan fingerprint density at radius 2 is 2.33 bits per heavy atom. The molecule has 9 heavy (non-hydrogen) atoms. The smallest absolute Gasteiger partial charge is 0.0955 e. The highest BCUT2D eigenvalue weighted by atomic mass is 14.9. The molecule has 0 aromatic rings. The summed E-state index contributed by atoms with van der Waals surface area (Å²) in [6, 6.07) is 2.89. The van der Waals surface area contributed by atoms with E-state index < -0.39 is 0 Å². The van der Waals surface area contributed by atoms with Crippen LogP contribution < -0.4 is 5.32 Å². The van der Waals surface area contributed by atoms with E-state index in [2.05, 4.69) is 18.3 Å². The van der Waals surface area contributed by atoms with Gasteiger partial charge in [0, 0.05) is 6.04 Å². The van der Waals surface area contributed by atoms with E-state index in [0.29, 0.717) is 6.04 Å². The molecule has 1 aliphatic heterocycles. The molecule has 1 aliphatic rings. The van der Waals surface area contributed by atoms with E-state index in [-0.39, 0.29) is 6.04 Å². The van der Waals surface area contributed by atoms with Crippen molar-refractivity contribution in [2.45, 2.75) is 38.3 Å². The summed E-state index contributed by atoms with van der Waals surface area (Å²) in [4.78, 5) is 0. The Bertz CT molecular complexity index is 125. The molecular weight excluding hydrogens is 112 g/mol. The fourth-order valence-electron chi connectivity index (χ4n) is 1.24. The molecule has 0 unspecified atom stereocenters. The topological polar surface area (TPSA) is 35.8 Å². The van der Waals surface area contributed by atoms with Gasteiger partial charge in [-0.2, -0.15) is 5.26 Å². The van der Waals surface area contributed by atoms with Crippen molar-refractivity contribution in [2.24, 2.45) is 0 Å². The third-order valence-corrected chi connectivity index (χ3v) is 1.77. The number of rotatable bonds is 0. The third-order valence-electron chi connectivity index (χ3n) is 1.77. The van der Waals surface area contributed by atoms with Crippen LogP contribution in [0.3, 0.4) is 0 Å². The van der Waals surface area contributed by atoms with Crippen molar-refractivity contribution in [3.8, 4) is 6.07 Å². The molecule has 0 aromatic carbocycles. The predicted molar refractivity (Wildman–Crippen MR) is 35.8 cm³/mol. The monoisotopic (exact) mass is 124 g/mol. The Labute approximate surface area is 55.9 Å². The van der Waals surface area contributed by atoms with E-state index in [4.69, 9.17) is 5.26 Å². The van der Waals surface area contributed by atoms with Crippen molar-refractivity contribution < 1.29 is 0 Å². The van der Waals surface area contributed by atoms with Gasteiger partial charge in [0.05, 0.1) is 12.1 Å². The van der Waals surface area contributed by atoms with Crippen LogP contribution in [0.5, 0.6) is 0 Å². The summed E-state index contributed by atoms with van der Waals surface area (Å²) in [5, 5.41) is 11.7. The lowest BCUT2D eigenvalue weighted by Gasteiger charge is -2.23. The van der Waals surface area contributed by atoms with Crippen LogP contribution in [-0.4, -0.2) is 12.1 Å². The summed E-state index contributed by atoms with van der Waals surface area (Å²) in [7, 11) is 0. The Morgan fingerprint density at radius 3 is 2.78 bits per heavy atom. The zero-order valence-corrected chi connectivity index (χ0v) is 5.72. The van der Waals surface area contributed by atoms with Crippen LogP contribution in [0.2, 0.25) is 0 Å². The van der Waals surface area contributed by atoms with Gasteiger partial charge in [-0.3, -0.25) is 5.32 Å². The van der Waals surface area contributed by atoms with Gasteiger partial charge in [0.2, 0.25) is 0 Å². The van der Waals surface area contributed by atoms with Gasteiger partial charge in [0.25, 0.3) is 0 Å². The van der Waals surface area contributed by atoms with Gasteiger partial charge in [-0.25, -0.2) is 0 Å². The molecule has 0 aromatic heterocycles. The normalized spacial score (nSPS) is 35.6. The van der Waals surface area contributed by atoms with Gasteiger partial charge < -0.3 is 0 Å². The maximum atomic E-state index is 8.50. The summed E-state index contributed by atoms with van der Waals surface area (Å²) < 4.78 is 0. The molecule has 50 valence electrons. The standard InChI is InChI=1S/C7H12N2/c1-6-3-2-4-7(5-8)9-6/h6-7,9H,2-4H2,1H3/t6-,7+/m1/s1. The summed E-state index contributed by atoms with van der Waals surface area (Å²) in [5.74, 6) is 0. The van der Waals surface area contributed by atoms with Crippen LogP contribution in [0, 0.1) is 11.3 Å². The molecule has 2 atom stereocenters. The molecule has 2 nitrogen and oxygen atoms in total. The van der Waals surface area contributed by atoms with Crippen molar-refractivity contribution >= 4 is 0 Å². The highest BCUT2D eigenvalue weighted by Crippen LogP contribution is 2.10. The number of nitrogens with zero attached hydrogens (tertiary/aromatic N) is 1. The van der Waals surface area contributed by atoms with Crippen molar-refractivity contribution in [2.75, 3.05) is 0 Å². The first-order chi connectivity index (χ1) is 4.33. The van der Waals surface area contributed by atoms with E-state index in [0.717, 1.165) is 6.42 Å². The zero-order chi connectivity index (χ0) is 6.69. The molecule has 1 fully saturated rings. The van der Waals surface area contributed by atoms with Gasteiger partial charge in [0.1, 0.15) is 0 Å². The second-order valence-corrected chi connectivity index (χ2v) is 2.68. The zero-order valence-electron chi connectivity index (χ0n) is 5.72. The molecule has 1 rings (SSSR count). The fourth-order valence-corrected chi connectivity index (χ4v) is 1.24. The van der Waals surface area contributed by atoms with Crippen LogP contribution in [0.25, 0.3) is 0 Å². The average Bonchev–Trinajstić information content (AvgIpc) is 1.88. The van der Waals surface area contributed by atoms with E-state index in [1.807, 2.05) is 0 Å². The Hall–Kier alpha value is -0.550. The molecule has 1 saturated heterocycles. The quantitative estimate of drug-likeness (QED) is 0.523. The predicted octanol–water partition coefficient (Wildman–Crippen LogP) is 1.04. The summed E-state index contributed by atoms with van der Waals surface area (Å²) in [6.45, 7) is 2.13. The fraction of sp³-hybridized carbons (Fsp3) is 0.857. The van der Waals surface area contributed by atoms with Crippen molar-refractivity contribution in [3.63, 3.8) is 0 Å². The summed E-state index contributed by atoms with van der Waals surface area (Å²) >= 11 is 0. The first-order valence-electron chi connectivity index (χ1n) is 3.48. The first-order valence-corrected chi connectivity index (χ1v) is 3.48. The molecule has 0 spiro atoms. The average molecular weight is 124 g/mol. The minimum atomic E-state index is 0.119. The lowest BCUT2D eigenvalue weighted by Crippen LogP contribution is -2.39. The number of hydrogen-bond acceptors (Lipinski definition) is 2. The molecule has 2 heteroatoms. The molecule has 0 saturated carbocycles. The van der Waals surface area contributed by atoms with Gasteiger partial charge in [0.15, 0.2) is 0 Å². The van der Waals surface area contributed by atoms with Gasteiger partial charge in [-0.05, 0) is 26.2 Å². The van der Waals surface area contributed by atoms with Gasteiger partial charge in [-0.15, -0.1) is 0 Å². The van der Waals surface area contributed by atoms with E-state index >= 15 is 0 Å². The molecule has 0 amide bonds. The lowest BCUT2D eigenvalue weighted by molar-refractivity contribution is 0.380. The largest absolute Gasteiger partial charge is 0.299 e. The number of piperidine rings is 1. The van der Waals surface area contributed by atoms with E-state index in [1.54, 1.807) is 0 Å². The van der Waals surface area contributed by atoms with Crippen LogP contribution in [0.4, 0.5) is 0 Å². The maximum Gasteiger partial charge on any atom is 0.0955 e.